The summed E-state index contributed by atoms with van der Waals surface area (Å²) in [5.41, 5.74) is 3.93. The SMILES string of the molecule is Cc1ccccc1CCC(=O)Nc1cccc(CO)c1. The lowest BCUT2D eigenvalue weighted by atomic mass is 10.0. The van der Waals surface area contributed by atoms with Gasteiger partial charge in [0.05, 0.1) is 6.61 Å². The third kappa shape index (κ3) is 3.93. The second-order valence-electron chi connectivity index (χ2n) is 4.83. The number of rotatable bonds is 5. The van der Waals surface area contributed by atoms with Gasteiger partial charge in [0, 0.05) is 12.1 Å². The van der Waals surface area contributed by atoms with Gasteiger partial charge in [-0.25, -0.2) is 0 Å². The molecule has 0 saturated heterocycles. The molecule has 1 amide bonds. The van der Waals surface area contributed by atoms with E-state index in [0.717, 1.165) is 17.7 Å². The van der Waals surface area contributed by atoms with Crippen molar-refractivity contribution in [1.82, 2.24) is 0 Å². The molecule has 0 aromatic heterocycles. The van der Waals surface area contributed by atoms with E-state index in [2.05, 4.69) is 24.4 Å². The standard InChI is InChI=1S/C17H19NO2/c1-13-5-2-3-7-15(13)9-10-17(20)18-16-8-4-6-14(11-16)12-19/h2-8,11,19H,9-10,12H2,1H3,(H,18,20). The van der Waals surface area contributed by atoms with Gasteiger partial charge in [-0.3, -0.25) is 4.79 Å². The summed E-state index contributed by atoms with van der Waals surface area (Å²) in [6.45, 7) is 2.03. The van der Waals surface area contributed by atoms with Crippen LogP contribution in [0.5, 0.6) is 0 Å². The van der Waals surface area contributed by atoms with Gasteiger partial charge >= 0.3 is 0 Å². The van der Waals surface area contributed by atoms with Crippen molar-refractivity contribution in [2.45, 2.75) is 26.4 Å². The summed E-state index contributed by atoms with van der Waals surface area (Å²) in [5, 5.41) is 11.9. The van der Waals surface area contributed by atoms with Crippen molar-refractivity contribution in [3.05, 3.63) is 65.2 Å². The van der Waals surface area contributed by atoms with Crippen LogP contribution in [0.2, 0.25) is 0 Å². The van der Waals surface area contributed by atoms with Gasteiger partial charge in [-0.1, -0.05) is 36.4 Å². The Bertz CT molecular complexity index is 593. The molecule has 0 unspecified atom stereocenters. The number of benzene rings is 2. The van der Waals surface area contributed by atoms with Gasteiger partial charge in [-0.05, 0) is 42.2 Å². The van der Waals surface area contributed by atoms with Gasteiger partial charge in [-0.2, -0.15) is 0 Å². The van der Waals surface area contributed by atoms with Crippen LogP contribution in [0.4, 0.5) is 5.69 Å². The lowest BCUT2D eigenvalue weighted by Crippen LogP contribution is -2.12. The molecule has 0 atom stereocenters. The Balaban J connectivity index is 1.91. The van der Waals surface area contributed by atoms with E-state index >= 15 is 0 Å². The number of carbonyl (C=O) groups is 1. The number of carbonyl (C=O) groups excluding carboxylic acids is 1. The molecule has 0 fully saturated rings. The summed E-state index contributed by atoms with van der Waals surface area (Å²) in [7, 11) is 0. The summed E-state index contributed by atoms with van der Waals surface area (Å²) < 4.78 is 0. The Hall–Kier alpha value is -2.13. The Morgan fingerprint density at radius 3 is 2.70 bits per heavy atom. The number of aryl methyl sites for hydroxylation is 2. The van der Waals surface area contributed by atoms with Gasteiger partial charge in [0.25, 0.3) is 0 Å². The molecule has 2 aromatic rings. The number of hydrogen-bond acceptors (Lipinski definition) is 2. The van der Waals surface area contributed by atoms with E-state index in [1.165, 1.54) is 11.1 Å². The third-order valence-corrected chi connectivity index (χ3v) is 3.28. The van der Waals surface area contributed by atoms with Crippen LogP contribution in [0.3, 0.4) is 0 Å². The molecule has 0 radical (unpaired) electrons. The summed E-state index contributed by atoms with van der Waals surface area (Å²) in [4.78, 5) is 11.9. The lowest BCUT2D eigenvalue weighted by Gasteiger charge is -2.08. The number of anilines is 1. The van der Waals surface area contributed by atoms with Gasteiger partial charge in [0.15, 0.2) is 0 Å². The normalized spacial score (nSPS) is 10.3. The zero-order valence-electron chi connectivity index (χ0n) is 11.6. The fraction of sp³-hybridized carbons (Fsp3) is 0.235. The molecule has 0 aliphatic rings. The van der Waals surface area contributed by atoms with Gasteiger partial charge in [-0.15, -0.1) is 0 Å². The molecule has 104 valence electrons. The van der Waals surface area contributed by atoms with E-state index < -0.39 is 0 Å². The van der Waals surface area contributed by atoms with Crippen LogP contribution in [0.25, 0.3) is 0 Å². The molecule has 0 heterocycles. The van der Waals surface area contributed by atoms with Crippen molar-refractivity contribution in [1.29, 1.82) is 0 Å². The third-order valence-electron chi connectivity index (χ3n) is 3.28. The Morgan fingerprint density at radius 1 is 1.15 bits per heavy atom. The monoisotopic (exact) mass is 269 g/mol. The van der Waals surface area contributed by atoms with E-state index in [-0.39, 0.29) is 12.5 Å². The van der Waals surface area contributed by atoms with Crippen LogP contribution in [0, 0.1) is 6.92 Å². The molecule has 0 aliphatic carbocycles. The maximum absolute atomic E-state index is 11.9. The van der Waals surface area contributed by atoms with Gasteiger partial charge < -0.3 is 10.4 Å². The number of amides is 1. The summed E-state index contributed by atoms with van der Waals surface area (Å²) in [6.07, 6.45) is 1.19. The molecule has 3 nitrogen and oxygen atoms in total. The van der Waals surface area contributed by atoms with Crippen molar-refractivity contribution in [3.63, 3.8) is 0 Å². The minimum absolute atomic E-state index is 0.0108. The van der Waals surface area contributed by atoms with Crippen LogP contribution < -0.4 is 5.32 Å². The molecule has 3 heteroatoms. The zero-order valence-corrected chi connectivity index (χ0v) is 11.6. The molecular formula is C17H19NO2. The average molecular weight is 269 g/mol. The summed E-state index contributed by atoms with van der Waals surface area (Å²) in [5.74, 6) is -0.0108. The van der Waals surface area contributed by atoms with Crippen molar-refractivity contribution in [2.75, 3.05) is 5.32 Å². The fourth-order valence-corrected chi connectivity index (χ4v) is 2.11. The number of aliphatic hydroxyl groups is 1. The number of aliphatic hydroxyl groups excluding tert-OH is 1. The second kappa shape index (κ2) is 6.87. The maximum Gasteiger partial charge on any atom is 0.224 e. The van der Waals surface area contributed by atoms with E-state index in [9.17, 15) is 4.79 Å². The molecule has 2 rings (SSSR count). The molecule has 20 heavy (non-hydrogen) atoms. The van der Waals surface area contributed by atoms with Crippen LogP contribution >= 0.6 is 0 Å². The maximum atomic E-state index is 11.9. The second-order valence-corrected chi connectivity index (χ2v) is 4.83. The zero-order chi connectivity index (χ0) is 14.4. The largest absolute Gasteiger partial charge is 0.392 e. The molecular weight excluding hydrogens is 250 g/mol. The van der Waals surface area contributed by atoms with Crippen LogP contribution in [-0.4, -0.2) is 11.0 Å². The highest BCUT2D eigenvalue weighted by Crippen LogP contribution is 2.13. The molecule has 0 saturated carbocycles. The van der Waals surface area contributed by atoms with E-state index in [1.54, 1.807) is 6.07 Å². The minimum Gasteiger partial charge on any atom is -0.392 e. The van der Waals surface area contributed by atoms with Crippen molar-refractivity contribution < 1.29 is 9.90 Å². The molecule has 0 spiro atoms. The van der Waals surface area contributed by atoms with E-state index in [1.807, 2.05) is 30.3 Å². The Kier molecular flexibility index (Phi) is 4.91. The predicted octanol–water partition coefficient (Wildman–Crippen LogP) is 3.06. The summed E-state index contributed by atoms with van der Waals surface area (Å²) in [6, 6.07) is 15.3. The molecule has 2 N–H and O–H groups in total. The number of nitrogens with one attached hydrogen (secondary N) is 1. The molecule has 2 aromatic carbocycles. The fourth-order valence-electron chi connectivity index (χ4n) is 2.11. The number of hydrogen-bond donors (Lipinski definition) is 2. The minimum atomic E-state index is -0.0209. The molecule has 0 bridgehead atoms. The first-order chi connectivity index (χ1) is 9.69. The van der Waals surface area contributed by atoms with Crippen LogP contribution in [-0.2, 0) is 17.8 Å². The first-order valence-electron chi connectivity index (χ1n) is 6.73. The smallest absolute Gasteiger partial charge is 0.224 e. The van der Waals surface area contributed by atoms with E-state index in [0.29, 0.717) is 6.42 Å². The van der Waals surface area contributed by atoms with Crippen LogP contribution in [0.1, 0.15) is 23.1 Å². The summed E-state index contributed by atoms with van der Waals surface area (Å²) >= 11 is 0. The van der Waals surface area contributed by atoms with Crippen molar-refractivity contribution >= 4 is 11.6 Å². The van der Waals surface area contributed by atoms with Gasteiger partial charge in [0.2, 0.25) is 5.91 Å². The van der Waals surface area contributed by atoms with Crippen molar-refractivity contribution in [3.8, 4) is 0 Å². The van der Waals surface area contributed by atoms with Gasteiger partial charge in [0.1, 0.15) is 0 Å². The Labute approximate surface area is 119 Å². The van der Waals surface area contributed by atoms with E-state index in [4.69, 9.17) is 5.11 Å². The highest BCUT2D eigenvalue weighted by molar-refractivity contribution is 5.90. The molecule has 0 aliphatic heterocycles. The highest BCUT2D eigenvalue weighted by Gasteiger charge is 2.05. The highest BCUT2D eigenvalue weighted by atomic mass is 16.3. The topological polar surface area (TPSA) is 49.3 Å². The Morgan fingerprint density at radius 2 is 1.95 bits per heavy atom. The van der Waals surface area contributed by atoms with Crippen LogP contribution in [0.15, 0.2) is 48.5 Å². The first-order valence-corrected chi connectivity index (χ1v) is 6.73. The lowest BCUT2D eigenvalue weighted by molar-refractivity contribution is -0.116. The average Bonchev–Trinajstić information content (AvgIpc) is 2.46. The quantitative estimate of drug-likeness (QED) is 0.876. The predicted molar refractivity (Wildman–Crippen MR) is 80.5 cm³/mol. The van der Waals surface area contributed by atoms with Crippen molar-refractivity contribution in [2.24, 2.45) is 0 Å². The first kappa shape index (κ1) is 14.3.